The molecular formula is C22H28N2O5S. The Morgan fingerprint density at radius 3 is 2.47 bits per heavy atom. The first-order valence-electron chi connectivity index (χ1n) is 9.90. The van der Waals surface area contributed by atoms with E-state index >= 15 is 0 Å². The Bertz CT molecular complexity index is 998. The van der Waals surface area contributed by atoms with E-state index in [0.717, 1.165) is 11.1 Å². The molecule has 0 radical (unpaired) electrons. The van der Waals surface area contributed by atoms with Gasteiger partial charge in [-0.25, -0.2) is 8.42 Å². The Morgan fingerprint density at radius 1 is 1.10 bits per heavy atom. The Balaban J connectivity index is 1.62. The maximum Gasteiger partial charge on any atom is 0.246 e. The molecular weight excluding hydrogens is 404 g/mol. The summed E-state index contributed by atoms with van der Waals surface area (Å²) < 4.78 is 38.1. The van der Waals surface area contributed by atoms with Crippen LogP contribution < -0.4 is 14.8 Å². The van der Waals surface area contributed by atoms with Crippen molar-refractivity contribution in [3.8, 4) is 11.5 Å². The molecule has 0 aromatic heterocycles. The summed E-state index contributed by atoms with van der Waals surface area (Å²) in [4.78, 5) is 12.6. The van der Waals surface area contributed by atoms with Crippen molar-refractivity contribution >= 4 is 15.9 Å². The molecule has 1 fully saturated rings. The summed E-state index contributed by atoms with van der Waals surface area (Å²) in [7, 11) is -0.829. The molecule has 8 heteroatoms. The highest BCUT2D eigenvalue weighted by Crippen LogP contribution is 2.32. The predicted molar refractivity (Wildman–Crippen MR) is 114 cm³/mol. The number of carbonyl (C=O) groups excluding carboxylic acids is 1. The van der Waals surface area contributed by atoms with E-state index in [1.165, 1.54) is 24.6 Å². The second-order valence-electron chi connectivity index (χ2n) is 7.40. The monoisotopic (exact) mass is 432 g/mol. The normalized spacial score (nSPS) is 15.6. The molecule has 2 aromatic carbocycles. The van der Waals surface area contributed by atoms with Gasteiger partial charge in [-0.05, 0) is 37.5 Å². The Kier molecular flexibility index (Phi) is 6.99. The largest absolute Gasteiger partial charge is 0.497 e. The third kappa shape index (κ3) is 4.94. The SMILES string of the molecule is COc1ccc(OC)c(S(=O)(=O)N2CCC(C(=O)NCc3cccc(C)c3)CC2)c1. The second-order valence-corrected chi connectivity index (χ2v) is 9.31. The molecule has 3 rings (SSSR count). The lowest BCUT2D eigenvalue weighted by atomic mass is 9.97. The van der Waals surface area contributed by atoms with Crippen molar-refractivity contribution in [3.63, 3.8) is 0 Å². The smallest absolute Gasteiger partial charge is 0.246 e. The average Bonchev–Trinajstić information content (AvgIpc) is 2.77. The molecule has 1 N–H and O–H groups in total. The highest BCUT2D eigenvalue weighted by atomic mass is 32.2. The van der Waals surface area contributed by atoms with Crippen LogP contribution in [0.4, 0.5) is 0 Å². The lowest BCUT2D eigenvalue weighted by Crippen LogP contribution is -2.42. The van der Waals surface area contributed by atoms with Gasteiger partial charge in [-0.15, -0.1) is 0 Å². The van der Waals surface area contributed by atoms with Crippen LogP contribution in [0.15, 0.2) is 47.4 Å². The average molecular weight is 433 g/mol. The zero-order valence-electron chi connectivity index (χ0n) is 17.6. The van der Waals surface area contributed by atoms with Crippen LogP contribution in [-0.2, 0) is 21.4 Å². The molecule has 1 saturated heterocycles. The fraction of sp³-hybridized carbons (Fsp3) is 0.409. The fourth-order valence-corrected chi connectivity index (χ4v) is 5.28. The van der Waals surface area contributed by atoms with E-state index in [0.29, 0.717) is 25.1 Å². The highest BCUT2D eigenvalue weighted by Gasteiger charge is 2.34. The Morgan fingerprint density at radius 2 is 1.83 bits per heavy atom. The van der Waals surface area contributed by atoms with E-state index in [2.05, 4.69) is 5.32 Å². The van der Waals surface area contributed by atoms with Crippen LogP contribution in [0.2, 0.25) is 0 Å². The summed E-state index contributed by atoms with van der Waals surface area (Å²) in [6.07, 6.45) is 0.955. The van der Waals surface area contributed by atoms with E-state index in [4.69, 9.17) is 9.47 Å². The summed E-state index contributed by atoms with van der Waals surface area (Å²) >= 11 is 0. The maximum atomic E-state index is 13.1. The number of nitrogens with one attached hydrogen (secondary N) is 1. The van der Waals surface area contributed by atoms with E-state index in [9.17, 15) is 13.2 Å². The van der Waals surface area contributed by atoms with Crippen LogP contribution in [0.25, 0.3) is 0 Å². The van der Waals surface area contributed by atoms with Gasteiger partial charge in [0.1, 0.15) is 16.4 Å². The highest BCUT2D eigenvalue weighted by molar-refractivity contribution is 7.89. The minimum absolute atomic E-state index is 0.0347. The third-order valence-corrected chi connectivity index (χ3v) is 7.28. The zero-order valence-corrected chi connectivity index (χ0v) is 18.4. The van der Waals surface area contributed by atoms with Crippen LogP contribution in [0, 0.1) is 12.8 Å². The van der Waals surface area contributed by atoms with Crippen molar-refractivity contribution in [2.45, 2.75) is 31.2 Å². The van der Waals surface area contributed by atoms with Crippen molar-refractivity contribution < 1.29 is 22.7 Å². The molecule has 0 aliphatic carbocycles. The van der Waals surface area contributed by atoms with Crippen molar-refractivity contribution in [3.05, 3.63) is 53.6 Å². The minimum atomic E-state index is -3.75. The maximum absolute atomic E-state index is 13.1. The van der Waals surface area contributed by atoms with Crippen molar-refractivity contribution in [2.24, 2.45) is 5.92 Å². The van der Waals surface area contributed by atoms with Crippen molar-refractivity contribution in [1.82, 2.24) is 9.62 Å². The predicted octanol–water partition coefficient (Wildman–Crippen LogP) is 2.73. The summed E-state index contributed by atoms with van der Waals surface area (Å²) in [5.74, 6) is 0.481. The summed E-state index contributed by atoms with van der Waals surface area (Å²) in [6, 6.07) is 12.7. The molecule has 1 amide bonds. The quantitative estimate of drug-likeness (QED) is 0.727. The first-order chi connectivity index (χ1) is 14.3. The molecule has 2 aromatic rings. The standard InChI is InChI=1S/C22H28N2O5S/c1-16-5-4-6-17(13-16)15-23-22(25)18-9-11-24(12-10-18)30(26,27)21-14-19(28-2)7-8-20(21)29-3/h4-8,13-14,18H,9-12,15H2,1-3H3,(H,23,25). The van der Waals surface area contributed by atoms with Gasteiger partial charge in [0, 0.05) is 31.6 Å². The number of aryl methyl sites for hydroxylation is 1. The van der Waals surface area contributed by atoms with Gasteiger partial charge in [-0.3, -0.25) is 4.79 Å². The Labute approximate surface area is 178 Å². The first-order valence-corrected chi connectivity index (χ1v) is 11.3. The topological polar surface area (TPSA) is 84.9 Å². The first kappa shape index (κ1) is 22.1. The van der Waals surface area contributed by atoms with Gasteiger partial charge in [0.25, 0.3) is 0 Å². The van der Waals surface area contributed by atoms with E-state index < -0.39 is 10.0 Å². The van der Waals surface area contributed by atoms with Crippen LogP contribution in [-0.4, -0.2) is 45.9 Å². The van der Waals surface area contributed by atoms with Gasteiger partial charge in [-0.1, -0.05) is 29.8 Å². The van der Waals surface area contributed by atoms with E-state index in [-0.39, 0.29) is 35.6 Å². The number of sulfonamides is 1. The number of nitrogens with zero attached hydrogens (tertiary/aromatic N) is 1. The zero-order chi connectivity index (χ0) is 21.7. The van der Waals surface area contributed by atoms with E-state index in [1.54, 1.807) is 12.1 Å². The lowest BCUT2D eigenvalue weighted by molar-refractivity contribution is -0.126. The van der Waals surface area contributed by atoms with Gasteiger partial charge >= 0.3 is 0 Å². The number of rotatable bonds is 7. The summed E-state index contributed by atoms with van der Waals surface area (Å²) in [5.41, 5.74) is 2.20. The van der Waals surface area contributed by atoms with Gasteiger partial charge in [0.05, 0.1) is 14.2 Å². The van der Waals surface area contributed by atoms with Gasteiger partial charge in [0.15, 0.2) is 0 Å². The number of benzene rings is 2. The number of piperidine rings is 1. The van der Waals surface area contributed by atoms with Crippen LogP contribution in [0.3, 0.4) is 0 Å². The third-order valence-electron chi connectivity index (χ3n) is 5.36. The van der Waals surface area contributed by atoms with Crippen molar-refractivity contribution in [1.29, 1.82) is 0 Å². The molecule has 0 saturated carbocycles. The van der Waals surface area contributed by atoms with Crippen LogP contribution >= 0.6 is 0 Å². The van der Waals surface area contributed by atoms with Gasteiger partial charge in [0.2, 0.25) is 15.9 Å². The van der Waals surface area contributed by atoms with Crippen LogP contribution in [0.1, 0.15) is 24.0 Å². The van der Waals surface area contributed by atoms with E-state index in [1.807, 2.05) is 31.2 Å². The lowest BCUT2D eigenvalue weighted by Gasteiger charge is -2.31. The summed E-state index contributed by atoms with van der Waals surface area (Å²) in [6.45, 7) is 3.05. The number of ether oxygens (including phenoxy) is 2. The van der Waals surface area contributed by atoms with Gasteiger partial charge in [-0.2, -0.15) is 4.31 Å². The molecule has 0 bridgehead atoms. The fourth-order valence-electron chi connectivity index (χ4n) is 3.64. The molecule has 0 unspecified atom stereocenters. The molecule has 0 atom stereocenters. The number of carbonyl (C=O) groups is 1. The number of hydrogen-bond donors (Lipinski definition) is 1. The second kappa shape index (κ2) is 9.49. The summed E-state index contributed by atoms with van der Waals surface area (Å²) in [5, 5.41) is 2.97. The molecule has 7 nitrogen and oxygen atoms in total. The van der Waals surface area contributed by atoms with Gasteiger partial charge < -0.3 is 14.8 Å². The molecule has 162 valence electrons. The molecule has 1 aliphatic heterocycles. The molecule has 0 spiro atoms. The van der Waals surface area contributed by atoms with Crippen molar-refractivity contribution in [2.75, 3.05) is 27.3 Å². The van der Waals surface area contributed by atoms with Crippen LogP contribution in [0.5, 0.6) is 11.5 Å². The minimum Gasteiger partial charge on any atom is -0.497 e. The molecule has 30 heavy (non-hydrogen) atoms. The molecule has 1 aliphatic rings. The number of amides is 1. The number of hydrogen-bond acceptors (Lipinski definition) is 5. The number of methoxy groups -OCH3 is 2. The Hall–Kier alpha value is -2.58. The molecule has 1 heterocycles.